The molecule has 0 spiro atoms. The Hall–Kier alpha value is -4.72. The van der Waals surface area contributed by atoms with Crippen molar-refractivity contribution < 1.29 is 37.1 Å². The number of alkyl halides is 2. The summed E-state index contributed by atoms with van der Waals surface area (Å²) in [5.74, 6) is -7.29. The highest BCUT2D eigenvalue weighted by Gasteiger charge is 2.49. The van der Waals surface area contributed by atoms with Gasteiger partial charge in [-0.25, -0.2) is 18.2 Å². The molecule has 2 aromatic heterocycles. The second-order valence-corrected chi connectivity index (χ2v) is 10.7. The van der Waals surface area contributed by atoms with Crippen LogP contribution >= 0.6 is 11.6 Å². The van der Waals surface area contributed by atoms with E-state index in [1.54, 1.807) is 6.07 Å². The lowest BCUT2D eigenvalue weighted by Crippen LogP contribution is -2.56. The molecule has 1 aliphatic heterocycles. The van der Waals surface area contributed by atoms with Gasteiger partial charge in [-0.1, -0.05) is 29.8 Å². The number of halogens is 4. The summed E-state index contributed by atoms with van der Waals surface area (Å²) in [5, 5.41) is 14.8. The third kappa shape index (κ3) is 6.09. The van der Waals surface area contributed by atoms with Gasteiger partial charge in [0.25, 0.3) is 11.8 Å². The lowest BCUT2D eigenvalue weighted by Gasteiger charge is -2.39. The second-order valence-electron chi connectivity index (χ2n) is 10.3. The Morgan fingerprint density at radius 2 is 1.91 bits per heavy atom. The first-order valence-corrected chi connectivity index (χ1v) is 13.5. The van der Waals surface area contributed by atoms with Crippen LogP contribution in [0.15, 0.2) is 61.1 Å². The van der Waals surface area contributed by atoms with Crippen molar-refractivity contribution in [1.82, 2.24) is 10.3 Å². The van der Waals surface area contributed by atoms with Crippen LogP contribution in [0.25, 0.3) is 0 Å². The average molecular weight is 617 g/mol. The molecule has 1 aliphatic carbocycles. The highest BCUT2D eigenvalue weighted by Crippen LogP contribution is 2.39. The van der Waals surface area contributed by atoms with E-state index in [0.717, 1.165) is 22.1 Å². The zero-order valence-corrected chi connectivity index (χ0v) is 23.0. The van der Waals surface area contributed by atoms with Gasteiger partial charge in [0.2, 0.25) is 30.1 Å². The Morgan fingerprint density at radius 1 is 1.19 bits per heavy atom. The van der Waals surface area contributed by atoms with Gasteiger partial charge in [-0.2, -0.15) is 4.73 Å². The van der Waals surface area contributed by atoms with E-state index in [1.165, 1.54) is 36.5 Å². The standard InChI is InChI=1S/C28H24ClF3N6O5/c29-20-4-2-1-3-19(20)24(26(41)35-17-11-28(31,32)12-17)37(18-10-16(30)13-36(43)14-18)27(42)21-5-6-23(39)38(21)22-9-15(25(33)40)7-8-34-22/h1-4,7-10,13-14,17,21,24H,5-6,11-12H2,(H2,33,40)(H,35,41)/t21-,24?/m0/s1. The molecule has 5 rings (SSSR count). The maximum Gasteiger partial charge on any atom is 0.252 e. The summed E-state index contributed by atoms with van der Waals surface area (Å²) in [6.07, 6.45) is 1.21. The van der Waals surface area contributed by atoms with Crippen LogP contribution in [0.2, 0.25) is 5.02 Å². The molecule has 2 fully saturated rings. The molecule has 3 aromatic rings. The lowest BCUT2D eigenvalue weighted by atomic mass is 9.87. The summed E-state index contributed by atoms with van der Waals surface area (Å²) in [5.41, 5.74) is 5.07. The third-order valence-corrected chi connectivity index (χ3v) is 7.57. The van der Waals surface area contributed by atoms with Gasteiger partial charge in [-0.05, 0) is 24.6 Å². The predicted molar refractivity (Wildman–Crippen MR) is 146 cm³/mol. The number of aromatic nitrogens is 2. The maximum absolute atomic E-state index is 14.6. The number of anilines is 2. The third-order valence-electron chi connectivity index (χ3n) is 7.23. The van der Waals surface area contributed by atoms with Crippen molar-refractivity contribution in [3.8, 4) is 0 Å². The Kier molecular flexibility index (Phi) is 7.97. The van der Waals surface area contributed by atoms with Gasteiger partial charge in [0.1, 0.15) is 23.6 Å². The van der Waals surface area contributed by atoms with E-state index in [4.69, 9.17) is 17.3 Å². The number of hydrogen-bond acceptors (Lipinski definition) is 6. The van der Waals surface area contributed by atoms with Gasteiger partial charge < -0.3 is 16.3 Å². The number of carbonyl (C=O) groups is 4. The SMILES string of the molecule is NC(=O)c1ccnc(N2C(=O)CC[C@H]2C(=O)N(c2cc(F)c[n+]([O-])c2)C(C(=O)NC2CC(F)(F)C2)c2ccccc2Cl)c1. The predicted octanol–water partition coefficient (Wildman–Crippen LogP) is 2.79. The number of rotatable bonds is 8. The molecule has 224 valence electrons. The Labute approximate surface area is 247 Å². The number of nitrogens with one attached hydrogen (secondary N) is 1. The molecule has 3 N–H and O–H groups in total. The minimum Gasteiger partial charge on any atom is -0.619 e. The molecule has 1 saturated carbocycles. The minimum atomic E-state index is -2.97. The van der Waals surface area contributed by atoms with Crippen molar-refractivity contribution in [3.63, 3.8) is 0 Å². The van der Waals surface area contributed by atoms with Crippen LogP contribution in [0.5, 0.6) is 0 Å². The van der Waals surface area contributed by atoms with Gasteiger partial charge in [-0.3, -0.25) is 29.0 Å². The minimum absolute atomic E-state index is 0.0101. The van der Waals surface area contributed by atoms with Crippen LogP contribution < -0.4 is 25.6 Å². The van der Waals surface area contributed by atoms with Gasteiger partial charge in [0.15, 0.2) is 5.82 Å². The number of nitrogens with two attached hydrogens (primary N) is 1. The molecule has 3 heterocycles. The molecule has 11 nitrogen and oxygen atoms in total. The molecular weight excluding hydrogens is 593 g/mol. The molecule has 2 atom stereocenters. The van der Waals surface area contributed by atoms with E-state index in [2.05, 4.69) is 10.3 Å². The topological polar surface area (TPSA) is 153 Å². The van der Waals surface area contributed by atoms with Crippen LogP contribution in [0.4, 0.5) is 24.7 Å². The molecule has 1 aromatic carbocycles. The van der Waals surface area contributed by atoms with E-state index >= 15 is 0 Å². The van der Waals surface area contributed by atoms with Crippen LogP contribution in [0, 0.1) is 11.0 Å². The largest absolute Gasteiger partial charge is 0.619 e. The Morgan fingerprint density at radius 3 is 2.56 bits per heavy atom. The molecule has 1 unspecified atom stereocenters. The van der Waals surface area contributed by atoms with E-state index in [-0.39, 0.29) is 45.2 Å². The van der Waals surface area contributed by atoms with Gasteiger partial charge >= 0.3 is 0 Å². The number of carbonyl (C=O) groups excluding carboxylic acids is 4. The summed E-state index contributed by atoms with van der Waals surface area (Å²) in [6, 6.07) is 5.37. The maximum atomic E-state index is 14.6. The summed E-state index contributed by atoms with van der Waals surface area (Å²) in [7, 11) is 0. The fraction of sp³-hybridized carbons (Fsp3) is 0.286. The van der Waals surface area contributed by atoms with Crippen LogP contribution in [0.3, 0.4) is 0 Å². The normalized spacial score (nSPS) is 18.6. The first-order valence-electron chi connectivity index (χ1n) is 13.1. The molecule has 15 heteroatoms. The molecular formula is C28H24ClF3N6O5. The lowest BCUT2D eigenvalue weighted by molar-refractivity contribution is -0.606. The summed E-state index contributed by atoms with van der Waals surface area (Å²) in [4.78, 5) is 59.0. The monoisotopic (exact) mass is 616 g/mol. The number of primary amides is 1. The fourth-order valence-corrected chi connectivity index (χ4v) is 5.49. The molecule has 2 aliphatic rings. The highest BCUT2D eigenvalue weighted by molar-refractivity contribution is 6.31. The number of nitrogens with zero attached hydrogens (tertiary/aromatic N) is 4. The fourth-order valence-electron chi connectivity index (χ4n) is 5.25. The molecule has 1 saturated heterocycles. The zero-order valence-electron chi connectivity index (χ0n) is 22.3. The molecule has 0 bridgehead atoms. The Balaban J connectivity index is 1.63. The van der Waals surface area contributed by atoms with E-state index < -0.39 is 66.3 Å². The average Bonchev–Trinajstić information content (AvgIpc) is 3.31. The Bertz CT molecular complexity index is 1600. The van der Waals surface area contributed by atoms with Gasteiger partial charge in [-0.15, -0.1) is 0 Å². The number of amides is 4. The summed E-state index contributed by atoms with van der Waals surface area (Å²) in [6.45, 7) is 0. The van der Waals surface area contributed by atoms with E-state index in [1.807, 2.05) is 0 Å². The smallest absolute Gasteiger partial charge is 0.252 e. The molecule has 0 radical (unpaired) electrons. The first-order chi connectivity index (χ1) is 20.3. The van der Waals surface area contributed by atoms with Crippen molar-refractivity contribution in [2.75, 3.05) is 9.80 Å². The van der Waals surface area contributed by atoms with Crippen molar-refractivity contribution in [2.45, 2.75) is 49.7 Å². The summed E-state index contributed by atoms with van der Waals surface area (Å²) < 4.78 is 41.9. The quantitative estimate of drug-likeness (QED) is 0.293. The van der Waals surface area contributed by atoms with Crippen molar-refractivity contribution in [2.24, 2.45) is 5.73 Å². The van der Waals surface area contributed by atoms with Crippen molar-refractivity contribution in [1.29, 1.82) is 0 Å². The van der Waals surface area contributed by atoms with Crippen LogP contribution in [-0.4, -0.2) is 46.6 Å². The molecule has 4 amide bonds. The summed E-state index contributed by atoms with van der Waals surface area (Å²) >= 11 is 6.45. The van der Waals surface area contributed by atoms with E-state index in [9.17, 15) is 37.6 Å². The van der Waals surface area contributed by atoms with Crippen LogP contribution in [0.1, 0.15) is 47.6 Å². The van der Waals surface area contributed by atoms with Gasteiger partial charge in [0, 0.05) is 53.7 Å². The number of pyridine rings is 2. The second kappa shape index (κ2) is 11.5. The van der Waals surface area contributed by atoms with Crippen molar-refractivity contribution in [3.05, 3.63) is 88.2 Å². The number of benzene rings is 1. The van der Waals surface area contributed by atoms with Crippen molar-refractivity contribution >= 4 is 46.7 Å². The van der Waals surface area contributed by atoms with E-state index in [0.29, 0.717) is 6.20 Å². The zero-order chi connectivity index (χ0) is 31.1. The highest BCUT2D eigenvalue weighted by atomic mass is 35.5. The van der Waals surface area contributed by atoms with Gasteiger partial charge in [0.05, 0.1) is 0 Å². The molecule has 43 heavy (non-hydrogen) atoms. The van der Waals surface area contributed by atoms with Crippen LogP contribution in [-0.2, 0) is 14.4 Å². The first kappa shape index (κ1) is 29.8. The number of hydrogen-bond donors (Lipinski definition) is 2.